The summed E-state index contributed by atoms with van der Waals surface area (Å²) in [5, 5.41) is 9.67. The Bertz CT molecular complexity index is 758. The molecule has 1 amide bonds. The molecule has 1 aromatic rings. The van der Waals surface area contributed by atoms with E-state index < -0.39 is 0 Å². The molecular weight excluding hydrogens is 360 g/mol. The number of carbonyl (C=O) groups is 1. The highest BCUT2D eigenvalue weighted by molar-refractivity contribution is 9.12. The van der Waals surface area contributed by atoms with Gasteiger partial charge < -0.3 is 0 Å². The molecule has 0 spiro atoms. The van der Waals surface area contributed by atoms with Crippen molar-refractivity contribution in [3.63, 3.8) is 0 Å². The molecular formula is C15H15BrN6O. The minimum Gasteiger partial charge on any atom is -0.268 e. The fourth-order valence-electron chi connectivity index (χ4n) is 2.99. The van der Waals surface area contributed by atoms with Crippen molar-refractivity contribution in [2.75, 3.05) is 18.6 Å². The minimum absolute atomic E-state index is 0.0853. The molecule has 118 valence electrons. The molecule has 23 heavy (non-hydrogen) atoms. The Labute approximate surface area is 142 Å². The summed E-state index contributed by atoms with van der Waals surface area (Å²) in [5.74, 6) is 0.738. The number of allylic oxidation sites excluding steroid dienone is 1. The first kappa shape index (κ1) is 14.4. The van der Waals surface area contributed by atoms with E-state index in [-0.39, 0.29) is 12.1 Å². The van der Waals surface area contributed by atoms with Crippen molar-refractivity contribution in [3.05, 3.63) is 34.6 Å². The van der Waals surface area contributed by atoms with Crippen LogP contribution in [-0.4, -0.2) is 52.6 Å². The zero-order chi connectivity index (χ0) is 16.0. The lowest BCUT2D eigenvalue weighted by Crippen LogP contribution is -2.51. The SMILES string of the molecule is CN1c2ncccc2CCN1C(=O)C1=NN2C=C(Br)C=NC2C1. The van der Waals surface area contributed by atoms with Crippen LogP contribution in [0.4, 0.5) is 5.82 Å². The molecule has 3 aliphatic heterocycles. The third-order valence-corrected chi connectivity index (χ3v) is 4.56. The third-order valence-electron chi connectivity index (χ3n) is 4.15. The molecule has 7 nitrogen and oxygen atoms in total. The maximum absolute atomic E-state index is 12.9. The molecule has 3 aliphatic rings. The van der Waals surface area contributed by atoms with Gasteiger partial charge in [-0.3, -0.25) is 14.8 Å². The predicted molar refractivity (Wildman–Crippen MR) is 91.2 cm³/mol. The summed E-state index contributed by atoms with van der Waals surface area (Å²) in [6, 6.07) is 3.97. The highest BCUT2D eigenvalue weighted by atomic mass is 79.9. The number of hydrogen-bond donors (Lipinski definition) is 0. The zero-order valence-electron chi connectivity index (χ0n) is 12.6. The van der Waals surface area contributed by atoms with E-state index in [1.54, 1.807) is 22.4 Å². The number of hydrazone groups is 1. The number of hydrazine groups is 1. The fraction of sp³-hybridized carbons (Fsp3) is 0.333. The lowest BCUT2D eigenvalue weighted by atomic mass is 10.1. The van der Waals surface area contributed by atoms with E-state index in [2.05, 4.69) is 31.0 Å². The predicted octanol–water partition coefficient (Wildman–Crippen LogP) is 1.53. The Balaban J connectivity index is 1.57. The maximum atomic E-state index is 12.9. The lowest BCUT2D eigenvalue weighted by Gasteiger charge is -2.37. The van der Waals surface area contributed by atoms with Crippen molar-refractivity contribution in [1.82, 2.24) is 15.0 Å². The zero-order valence-corrected chi connectivity index (χ0v) is 14.1. The van der Waals surface area contributed by atoms with Crippen LogP contribution in [0.15, 0.2) is 39.1 Å². The van der Waals surface area contributed by atoms with Gasteiger partial charge in [0.25, 0.3) is 5.91 Å². The maximum Gasteiger partial charge on any atom is 0.288 e. The van der Waals surface area contributed by atoms with Gasteiger partial charge in [0.2, 0.25) is 0 Å². The van der Waals surface area contributed by atoms with Crippen LogP contribution >= 0.6 is 15.9 Å². The Morgan fingerprint density at radius 1 is 1.43 bits per heavy atom. The van der Waals surface area contributed by atoms with Gasteiger partial charge >= 0.3 is 0 Å². The van der Waals surface area contributed by atoms with Crippen molar-refractivity contribution in [3.8, 4) is 0 Å². The summed E-state index contributed by atoms with van der Waals surface area (Å²) in [5.41, 5.74) is 1.68. The largest absolute Gasteiger partial charge is 0.288 e. The molecule has 0 saturated heterocycles. The van der Waals surface area contributed by atoms with E-state index in [0.29, 0.717) is 18.7 Å². The van der Waals surface area contributed by atoms with Crippen LogP contribution in [-0.2, 0) is 11.2 Å². The molecule has 1 unspecified atom stereocenters. The lowest BCUT2D eigenvalue weighted by molar-refractivity contribution is -0.124. The third kappa shape index (κ3) is 2.42. The van der Waals surface area contributed by atoms with Crippen LogP contribution in [0, 0.1) is 0 Å². The first-order valence-corrected chi connectivity index (χ1v) is 8.18. The van der Waals surface area contributed by atoms with Crippen LogP contribution in [0.2, 0.25) is 0 Å². The number of pyridine rings is 1. The standard InChI is InChI=1S/C15H15BrN6O/c1-20-14-10(3-2-5-17-14)4-6-22(20)15(23)12-7-13-18-8-11(16)9-21(13)19-12/h2-3,5,8-9,13H,4,6-7H2,1H3. The normalized spacial score (nSPS) is 22.5. The monoisotopic (exact) mass is 374 g/mol. The van der Waals surface area contributed by atoms with Gasteiger partial charge in [-0.1, -0.05) is 6.07 Å². The van der Waals surface area contributed by atoms with Crippen molar-refractivity contribution in [1.29, 1.82) is 0 Å². The van der Waals surface area contributed by atoms with E-state index in [4.69, 9.17) is 0 Å². The van der Waals surface area contributed by atoms with Crippen molar-refractivity contribution in [2.45, 2.75) is 19.0 Å². The van der Waals surface area contributed by atoms with Gasteiger partial charge in [-0.15, -0.1) is 0 Å². The molecule has 4 heterocycles. The van der Waals surface area contributed by atoms with Gasteiger partial charge in [-0.25, -0.2) is 15.0 Å². The summed E-state index contributed by atoms with van der Waals surface area (Å²) < 4.78 is 0.847. The summed E-state index contributed by atoms with van der Waals surface area (Å²) in [6.45, 7) is 0.626. The summed E-state index contributed by atoms with van der Waals surface area (Å²) in [7, 11) is 1.86. The number of rotatable bonds is 1. The molecule has 0 N–H and O–H groups in total. The van der Waals surface area contributed by atoms with Crippen LogP contribution in [0.1, 0.15) is 12.0 Å². The molecule has 0 aromatic carbocycles. The van der Waals surface area contributed by atoms with Gasteiger partial charge in [0.05, 0.1) is 4.48 Å². The highest BCUT2D eigenvalue weighted by Gasteiger charge is 2.35. The quantitative estimate of drug-likeness (QED) is 0.747. The smallest absolute Gasteiger partial charge is 0.268 e. The van der Waals surface area contributed by atoms with Gasteiger partial charge in [-0.2, -0.15) is 5.10 Å². The molecule has 0 radical (unpaired) electrons. The Morgan fingerprint density at radius 3 is 3.17 bits per heavy atom. The van der Waals surface area contributed by atoms with Gasteiger partial charge in [-0.05, 0) is 34.0 Å². The Morgan fingerprint density at radius 2 is 2.30 bits per heavy atom. The Kier molecular flexibility index (Phi) is 3.41. The average Bonchev–Trinajstić information content (AvgIpc) is 2.98. The second-order valence-corrected chi connectivity index (χ2v) is 6.51. The highest BCUT2D eigenvalue weighted by Crippen LogP contribution is 2.27. The topological polar surface area (TPSA) is 64.4 Å². The molecule has 4 rings (SSSR count). The first-order chi connectivity index (χ1) is 11.1. The molecule has 0 saturated carbocycles. The summed E-state index contributed by atoms with van der Waals surface area (Å²) >= 11 is 3.37. The number of halogens is 1. The first-order valence-electron chi connectivity index (χ1n) is 7.39. The van der Waals surface area contributed by atoms with Gasteiger partial charge in [0, 0.05) is 38.6 Å². The van der Waals surface area contributed by atoms with Crippen LogP contribution in [0.5, 0.6) is 0 Å². The number of aliphatic imine (C=N–C) groups is 1. The number of nitrogens with zero attached hydrogens (tertiary/aromatic N) is 6. The second-order valence-electron chi connectivity index (χ2n) is 5.59. The number of amides is 1. The van der Waals surface area contributed by atoms with E-state index in [1.807, 2.05) is 30.4 Å². The number of aromatic nitrogens is 1. The van der Waals surface area contributed by atoms with Crippen LogP contribution in [0.3, 0.4) is 0 Å². The Hall–Kier alpha value is -2.22. The second kappa shape index (κ2) is 5.45. The molecule has 0 aliphatic carbocycles. The van der Waals surface area contributed by atoms with E-state index >= 15 is 0 Å². The molecule has 1 atom stereocenters. The van der Waals surface area contributed by atoms with Crippen molar-refractivity contribution < 1.29 is 4.79 Å². The summed E-state index contributed by atoms with van der Waals surface area (Å²) in [6.07, 6.45) is 6.53. The molecule has 1 aromatic heterocycles. The number of fused-ring (bicyclic) bond motifs is 2. The molecule has 0 bridgehead atoms. The van der Waals surface area contributed by atoms with E-state index in [1.165, 1.54) is 0 Å². The number of anilines is 1. The van der Waals surface area contributed by atoms with Gasteiger partial charge in [0.1, 0.15) is 17.7 Å². The van der Waals surface area contributed by atoms with E-state index in [0.717, 1.165) is 22.3 Å². The molecule has 0 fully saturated rings. The molecule has 8 heteroatoms. The number of hydrogen-bond acceptors (Lipinski definition) is 6. The van der Waals surface area contributed by atoms with Gasteiger partial charge in [0.15, 0.2) is 0 Å². The van der Waals surface area contributed by atoms with Crippen molar-refractivity contribution in [2.24, 2.45) is 10.1 Å². The number of carbonyl (C=O) groups excluding carboxylic acids is 1. The minimum atomic E-state index is -0.115. The fourth-order valence-corrected chi connectivity index (χ4v) is 3.32. The summed E-state index contributed by atoms with van der Waals surface area (Å²) in [4.78, 5) is 21.6. The van der Waals surface area contributed by atoms with Crippen LogP contribution < -0.4 is 5.01 Å². The average molecular weight is 375 g/mol. The van der Waals surface area contributed by atoms with E-state index in [9.17, 15) is 4.79 Å². The van der Waals surface area contributed by atoms with Crippen LogP contribution in [0.25, 0.3) is 0 Å². The van der Waals surface area contributed by atoms with Crippen molar-refractivity contribution >= 4 is 39.6 Å².